The van der Waals surface area contributed by atoms with Gasteiger partial charge in [-0.3, -0.25) is 9.59 Å². The number of carbonyl (C=O) groups excluding carboxylic acids is 2. The molecule has 5 heteroatoms. The minimum Gasteiger partial charge on any atom is -0.354 e. The van der Waals surface area contributed by atoms with E-state index >= 15 is 0 Å². The van der Waals surface area contributed by atoms with Gasteiger partial charge in [-0.15, -0.1) is 11.6 Å². The van der Waals surface area contributed by atoms with Crippen LogP contribution in [0.5, 0.6) is 0 Å². The van der Waals surface area contributed by atoms with E-state index in [-0.39, 0.29) is 29.7 Å². The zero-order valence-corrected chi connectivity index (χ0v) is 11.9. The van der Waals surface area contributed by atoms with Crippen molar-refractivity contribution in [3.8, 4) is 0 Å². The van der Waals surface area contributed by atoms with Crippen molar-refractivity contribution in [3.05, 3.63) is 0 Å². The first kappa shape index (κ1) is 16.2. The molecular weight excluding hydrogens is 240 g/mol. The molecule has 0 rings (SSSR count). The summed E-state index contributed by atoms with van der Waals surface area (Å²) >= 11 is 5.40. The third-order valence-electron chi connectivity index (χ3n) is 2.61. The lowest BCUT2D eigenvalue weighted by atomic mass is 9.88. The Kier molecular flexibility index (Phi) is 7.19. The molecule has 0 atom stereocenters. The maximum Gasteiger partial charge on any atom is 0.239 e. The van der Waals surface area contributed by atoms with E-state index in [2.05, 4.69) is 26.1 Å². The molecule has 0 spiro atoms. The van der Waals surface area contributed by atoms with Gasteiger partial charge < -0.3 is 10.2 Å². The van der Waals surface area contributed by atoms with Crippen molar-refractivity contribution >= 4 is 23.4 Å². The molecule has 2 amide bonds. The van der Waals surface area contributed by atoms with Crippen molar-refractivity contribution in [2.75, 3.05) is 26.0 Å². The average molecular weight is 263 g/mol. The quantitative estimate of drug-likeness (QED) is 0.709. The van der Waals surface area contributed by atoms with Gasteiger partial charge in [0.2, 0.25) is 11.8 Å². The largest absolute Gasteiger partial charge is 0.354 e. The summed E-state index contributed by atoms with van der Waals surface area (Å²) in [5.74, 6) is -0.477. The van der Waals surface area contributed by atoms with E-state index in [0.717, 1.165) is 12.8 Å². The molecule has 0 radical (unpaired) electrons. The monoisotopic (exact) mass is 262 g/mol. The fourth-order valence-electron chi connectivity index (χ4n) is 1.56. The van der Waals surface area contributed by atoms with Crippen LogP contribution in [0.4, 0.5) is 0 Å². The summed E-state index contributed by atoms with van der Waals surface area (Å²) in [5, 5.41) is 2.84. The topological polar surface area (TPSA) is 49.4 Å². The van der Waals surface area contributed by atoms with Crippen molar-refractivity contribution in [3.63, 3.8) is 0 Å². The van der Waals surface area contributed by atoms with E-state index < -0.39 is 0 Å². The first-order chi connectivity index (χ1) is 7.82. The highest BCUT2D eigenvalue weighted by Gasteiger charge is 2.18. The second kappa shape index (κ2) is 7.54. The number of amides is 2. The molecule has 0 bridgehead atoms. The summed E-state index contributed by atoms with van der Waals surface area (Å²) in [6.45, 7) is 7.04. The minimum atomic E-state index is -0.241. The minimum absolute atomic E-state index is 0.0633. The molecule has 0 aliphatic carbocycles. The Bertz CT molecular complexity index is 267. The molecule has 0 aromatic rings. The average Bonchev–Trinajstić information content (AvgIpc) is 2.25. The van der Waals surface area contributed by atoms with E-state index in [0.29, 0.717) is 6.54 Å². The molecule has 0 aliphatic heterocycles. The molecule has 0 aromatic carbocycles. The Labute approximate surface area is 109 Å². The number of hydrogen-bond acceptors (Lipinski definition) is 2. The van der Waals surface area contributed by atoms with Crippen LogP contribution < -0.4 is 5.32 Å². The van der Waals surface area contributed by atoms with Crippen LogP contribution >= 0.6 is 11.6 Å². The standard InChI is InChI=1S/C12H23ClN2O2/c1-5-6-12(2,3)9-14-10(16)8-15(4)11(17)7-13/h5-9H2,1-4H3,(H,14,16). The van der Waals surface area contributed by atoms with Crippen LogP contribution in [0.25, 0.3) is 0 Å². The number of rotatable bonds is 7. The smallest absolute Gasteiger partial charge is 0.239 e. The second-order valence-corrected chi connectivity index (χ2v) is 5.34. The Hall–Kier alpha value is -0.770. The van der Waals surface area contributed by atoms with Gasteiger partial charge in [0.15, 0.2) is 0 Å². The molecule has 0 unspecified atom stereocenters. The SMILES string of the molecule is CCCC(C)(C)CNC(=O)CN(C)C(=O)CCl. The van der Waals surface area contributed by atoms with Crippen LogP contribution in [0.3, 0.4) is 0 Å². The highest BCUT2D eigenvalue weighted by molar-refractivity contribution is 6.27. The molecule has 0 saturated carbocycles. The lowest BCUT2D eigenvalue weighted by Crippen LogP contribution is -2.42. The van der Waals surface area contributed by atoms with Gasteiger partial charge in [0.05, 0.1) is 6.54 Å². The maximum absolute atomic E-state index is 11.6. The third-order valence-corrected chi connectivity index (χ3v) is 2.84. The normalized spacial score (nSPS) is 11.1. The summed E-state index contributed by atoms with van der Waals surface area (Å²) in [6, 6.07) is 0. The van der Waals surface area contributed by atoms with Crippen LogP contribution in [-0.4, -0.2) is 42.7 Å². The zero-order chi connectivity index (χ0) is 13.5. The highest BCUT2D eigenvalue weighted by atomic mass is 35.5. The summed E-state index contributed by atoms with van der Waals surface area (Å²) in [5.41, 5.74) is 0.0967. The van der Waals surface area contributed by atoms with Gasteiger partial charge >= 0.3 is 0 Å². The number of nitrogens with one attached hydrogen (secondary N) is 1. The Morgan fingerprint density at radius 2 is 1.94 bits per heavy atom. The van der Waals surface area contributed by atoms with Crippen molar-refractivity contribution in [2.45, 2.75) is 33.6 Å². The van der Waals surface area contributed by atoms with Crippen molar-refractivity contribution < 1.29 is 9.59 Å². The van der Waals surface area contributed by atoms with E-state index in [9.17, 15) is 9.59 Å². The lowest BCUT2D eigenvalue weighted by molar-refractivity contribution is -0.132. The second-order valence-electron chi connectivity index (χ2n) is 5.07. The van der Waals surface area contributed by atoms with Gasteiger partial charge in [0.1, 0.15) is 5.88 Å². The lowest BCUT2D eigenvalue weighted by Gasteiger charge is -2.25. The molecule has 0 heterocycles. The van der Waals surface area contributed by atoms with Crippen LogP contribution in [0, 0.1) is 5.41 Å². The number of carbonyl (C=O) groups is 2. The summed E-state index contributed by atoms with van der Waals surface area (Å²) in [4.78, 5) is 24.1. The molecular formula is C12H23ClN2O2. The van der Waals surface area contributed by atoms with Crippen molar-refractivity contribution in [1.29, 1.82) is 0 Å². The van der Waals surface area contributed by atoms with Crippen molar-refractivity contribution in [2.24, 2.45) is 5.41 Å². The van der Waals surface area contributed by atoms with Crippen LogP contribution in [0.2, 0.25) is 0 Å². The number of likely N-dealkylation sites (N-methyl/N-ethyl adjacent to an activating group) is 1. The molecule has 100 valence electrons. The van der Waals surface area contributed by atoms with Crippen LogP contribution in [0.1, 0.15) is 33.6 Å². The van der Waals surface area contributed by atoms with Crippen LogP contribution in [-0.2, 0) is 9.59 Å². The molecule has 0 aromatic heterocycles. The number of hydrogen-bond donors (Lipinski definition) is 1. The van der Waals surface area contributed by atoms with Gasteiger partial charge in [-0.1, -0.05) is 27.2 Å². The van der Waals surface area contributed by atoms with Gasteiger partial charge in [-0.05, 0) is 11.8 Å². The Morgan fingerprint density at radius 1 is 1.35 bits per heavy atom. The molecule has 4 nitrogen and oxygen atoms in total. The predicted molar refractivity (Wildman–Crippen MR) is 70.1 cm³/mol. The van der Waals surface area contributed by atoms with Gasteiger partial charge in [0, 0.05) is 13.6 Å². The molecule has 1 N–H and O–H groups in total. The van der Waals surface area contributed by atoms with Gasteiger partial charge in [-0.2, -0.15) is 0 Å². The fourth-order valence-corrected chi connectivity index (χ4v) is 1.77. The molecule has 0 fully saturated rings. The summed E-state index contributed by atoms with van der Waals surface area (Å²) in [7, 11) is 1.57. The first-order valence-electron chi connectivity index (χ1n) is 5.89. The Morgan fingerprint density at radius 3 is 2.41 bits per heavy atom. The Balaban J connectivity index is 3.99. The predicted octanol–water partition coefficient (Wildman–Crippen LogP) is 1.63. The highest BCUT2D eigenvalue weighted by Crippen LogP contribution is 2.20. The van der Waals surface area contributed by atoms with Gasteiger partial charge in [-0.25, -0.2) is 0 Å². The third kappa shape index (κ3) is 7.21. The summed E-state index contributed by atoms with van der Waals surface area (Å²) in [6.07, 6.45) is 2.15. The molecule has 0 aliphatic rings. The van der Waals surface area contributed by atoms with Gasteiger partial charge in [0.25, 0.3) is 0 Å². The van der Waals surface area contributed by atoms with Crippen LogP contribution in [0.15, 0.2) is 0 Å². The first-order valence-corrected chi connectivity index (χ1v) is 6.42. The van der Waals surface area contributed by atoms with Crippen molar-refractivity contribution in [1.82, 2.24) is 10.2 Å². The number of halogens is 1. The van der Waals surface area contributed by atoms with E-state index in [4.69, 9.17) is 11.6 Å². The fraction of sp³-hybridized carbons (Fsp3) is 0.833. The maximum atomic E-state index is 11.6. The number of nitrogens with zero attached hydrogens (tertiary/aromatic N) is 1. The molecule has 0 saturated heterocycles. The molecule has 17 heavy (non-hydrogen) atoms. The number of alkyl halides is 1. The zero-order valence-electron chi connectivity index (χ0n) is 11.2. The van der Waals surface area contributed by atoms with E-state index in [1.54, 1.807) is 7.05 Å². The van der Waals surface area contributed by atoms with E-state index in [1.165, 1.54) is 4.90 Å². The summed E-state index contributed by atoms with van der Waals surface area (Å²) < 4.78 is 0. The van der Waals surface area contributed by atoms with E-state index in [1.807, 2.05) is 0 Å².